The predicted octanol–water partition coefficient (Wildman–Crippen LogP) is 4.62. The lowest BCUT2D eigenvalue weighted by Gasteiger charge is -2.31. The van der Waals surface area contributed by atoms with Gasteiger partial charge in [0, 0.05) is 5.33 Å². The van der Waals surface area contributed by atoms with E-state index in [2.05, 4.69) is 43.6 Å². The van der Waals surface area contributed by atoms with Crippen LogP contribution in [-0.2, 0) is 0 Å². The Morgan fingerprint density at radius 1 is 1.08 bits per heavy atom. The minimum Gasteiger partial charge on any atom is -0.0922 e. The summed E-state index contributed by atoms with van der Waals surface area (Å²) in [5, 5.41) is 1.18. The third-order valence-corrected chi connectivity index (χ3v) is 4.60. The zero-order chi connectivity index (χ0) is 10.1. The Morgan fingerprint density at radius 3 is 1.92 bits per heavy atom. The van der Waals surface area contributed by atoms with Gasteiger partial charge < -0.3 is 0 Å². The van der Waals surface area contributed by atoms with E-state index < -0.39 is 0 Å². The number of rotatable bonds is 4. The van der Waals surface area contributed by atoms with Crippen LogP contribution in [0.25, 0.3) is 0 Å². The third kappa shape index (κ3) is 3.61. The molecule has 1 rings (SSSR count). The van der Waals surface area contributed by atoms with Gasteiger partial charge in [-0.25, -0.2) is 0 Å². The molecule has 0 amide bonds. The Balaban J connectivity index is 2.39. The van der Waals surface area contributed by atoms with E-state index in [4.69, 9.17) is 0 Å². The van der Waals surface area contributed by atoms with Gasteiger partial charge in [0.15, 0.2) is 0 Å². The number of halogens is 1. The van der Waals surface area contributed by atoms with Crippen LogP contribution in [0.2, 0.25) is 0 Å². The molecule has 0 N–H and O–H groups in total. The second kappa shape index (κ2) is 3.92. The van der Waals surface area contributed by atoms with Crippen molar-refractivity contribution < 1.29 is 0 Å². The fourth-order valence-corrected chi connectivity index (χ4v) is 2.56. The third-order valence-electron chi connectivity index (χ3n) is 3.31. The highest BCUT2D eigenvalue weighted by Crippen LogP contribution is 2.50. The van der Waals surface area contributed by atoms with Crippen LogP contribution < -0.4 is 0 Å². The molecular formula is C12H23Br. The lowest BCUT2D eigenvalue weighted by Crippen LogP contribution is -2.23. The fraction of sp³-hybridized carbons (Fsp3) is 1.00. The van der Waals surface area contributed by atoms with Crippen molar-refractivity contribution in [3.63, 3.8) is 0 Å². The quantitative estimate of drug-likeness (QED) is 0.635. The van der Waals surface area contributed by atoms with Crippen molar-refractivity contribution in [2.75, 3.05) is 5.33 Å². The van der Waals surface area contributed by atoms with Crippen molar-refractivity contribution in [3.05, 3.63) is 0 Å². The predicted molar refractivity (Wildman–Crippen MR) is 63.3 cm³/mol. The van der Waals surface area contributed by atoms with Crippen molar-refractivity contribution in [3.8, 4) is 0 Å². The standard InChI is InChI=1S/C12H23Br/c1-11(2,3)7-8-12(4,9-13)10-5-6-10/h10H,5-9H2,1-4H3. The summed E-state index contributed by atoms with van der Waals surface area (Å²) < 4.78 is 0. The first-order valence-corrected chi connectivity index (χ1v) is 6.55. The van der Waals surface area contributed by atoms with E-state index in [0.29, 0.717) is 10.8 Å². The van der Waals surface area contributed by atoms with Gasteiger partial charge in [0.1, 0.15) is 0 Å². The van der Waals surface area contributed by atoms with Crippen LogP contribution in [0, 0.1) is 16.7 Å². The largest absolute Gasteiger partial charge is 0.0922 e. The van der Waals surface area contributed by atoms with Crippen molar-refractivity contribution in [2.45, 2.75) is 53.4 Å². The molecule has 13 heavy (non-hydrogen) atoms. The first kappa shape index (κ1) is 11.6. The number of hydrogen-bond donors (Lipinski definition) is 0. The van der Waals surface area contributed by atoms with Gasteiger partial charge in [0.2, 0.25) is 0 Å². The van der Waals surface area contributed by atoms with E-state index >= 15 is 0 Å². The highest BCUT2D eigenvalue weighted by atomic mass is 79.9. The van der Waals surface area contributed by atoms with Gasteiger partial charge >= 0.3 is 0 Å². The van der Waals surface area contributed by atoms with E-state index in [1.165, 1.54) is 31.0 Å². The highest BCUT2D eigenvalue weighted by Gasteiger charge is 2.40. The molecule has 1 unspecified atom stereocenters. The molecule has 1 heteroatoms. The summed E-state index contributed by atoms with van der Waals surface area (Å²) in [7, 11) is 0. The van der Waals surface area contributed by atoms with Gasteiger partial charge in [-0.1, -0.05) is 43.6 Å². The zero-order valence-electron chi connectivity index (χ0n) is 9.49. The average molecular weight is 247 g/mol. The second-order valence-corrected chi connectivity index (χ2v) is 6.68. The van der Waals surface area contributed by atoms with E-state index in [-0.39, 0.29) is 0 Å². The lowest BCUT2D eigenvalue weighted by atomic mass is 9.77. The summed E-state index contributed by atoms with van der Waals surface area (Å²) in [6, 6.07) is 0. The summed E-state index contributed by atoms with van der Waals surface area (Å²) in [4.78, 5) is 0. The summed E-state index contributed by atoms with van der Waals surface area (Å²) in [6.07, 6.45) is 5.66. The van der Waals surface area contributed by atoms with Crippen molar-refractivity contribution in [2.24, 2.45) is 16.7 Å². The Bertz CT molecular complexity index is 164. The first-order valence-electron chi connectivity index (χ1n) is 5.43. The maximum Gasteiger partial charge on any atom is 0.00879 e. The van der Waals surface area contributed by atoms with Crippen LogP contribution in [0.15, 0.2) is 0 Å². The minimum absolute atomic E-state index is 0.498. The molecular weight excluding hydrogens is 224 g/mol. The maximum absolute atomic E-state index is 3.68. The molecule has 1 saturated carbocycles. The van der Waals surface area contributed by atoms with Gasteiger partial charge in [0.25, 0.3) is 0 Å². The summed E-state index contributed by atoms with van der Waals surface area (Å²) >= 11 is 3.68. The molecule has 78 valence electrons. The van der Waals surface area contributed by atoms with Gasteiger partial charge in [-0.3, -0.25) is 0 Å². The van der Waals surface area contributed by atoms with E-state index in [1.807, 2.05) is 0 Å². The van der Waals surface area contributed by atoms with Crippen LogP contribution in [0.1, 0.15) is 53.4 Å². The monoisotopic (exact) mass is 246 g/mol. The topological polar surface area (TPSA) is 0 Å². The van der Waals surface area contributed by atoms with Crippen molar-refractivity contribution in [1.82, 2.24) is 0 Å². The molecule has 1 aliphatic carbocycles. The Kier molecular flexibility index (Phi) is 3.49. The lowest BCUT2D eigenvalue weighted by molar-refractivity contribution is 0.232. The Hall–Kier alpha value is 0.480. The normalized spacial score (nSPS) is 22.8. The molecule has 0 bridgehead atoms. The highest BCUT2D eigenvalue weighted by molar-refractivity contribution is 9.09. The molecule has 0 radical (unpaired) electrons. The Morgan fingerprint density at radius 2 is 1.62 bits per heavy atom. The molecule has 1 aliphatic rings. The molecule has 0 aromatic carbocycles. The molecule has 0 spiro atoms. The Labute approximate surface area is 91.6 Å². The zero-order valence-corrected chi connectivity index (χ0v) is 11.1. The van der Waals surface area contributed by atoms with E-state index in [9.17, 15) is 0 Å². The molecule has 0 nitrogen and oxygen atoms in total. The minimum atomic E-state index is 0.498. The van der Waals surface area contributed by atoms with Gasteiger partial charge in [-0.15, -0.1) is 0 Å². The van der Waals surface area contributed by atoms with Gasteiger partial charge in [-0.05, 0) is 42.4 Å². The molecule has 0 aliphatic heterocycles. The van der Waals surface area contributed by atoms with Crippen LogP contribution in [0.4, 0.5) is 0 Å². The average Bonchev–Trinajstić information content (AvgIpc) is 2.81. The van der Waals surface area contributed by atoms with E-state index in [1.54, 1.807) is 0 Å². The van der Waals surface area contributed by atoms with Gasteiger partial charge in [-0.2, -0.15) is 0 Å². The molecule has 0 saturated heterocycles. The molecule has 0 aromatic heterocycles. The number of hydrogen-bond acceptors (Lipinski definition) is 0. The summed E-state index contributed by atoms with van der Waals surface area (Å²) in [5.41, 5.74) is 1.08. The van der Waals surface area contributed by atoms with Crippen LogP contribution >= 0.6 is 15.9 Å². The molecule has 1 fully saturated rings. The molecule has 0 heterocycles. The summed E-state index contributed by atoms with van der Waals surface area (Å²) in [6.45, 7) is 9.48. The van der Waals surface area contributed by atoms with E-state index in [0.717, 1.165) is 5.92 Å². The smallest absolute Gasteiger partial charge is 0.00879 e. The van der Waals surface area contributed by atoms with Gasteiger partial charge in [0.05, 0.1) is 0 Å². The SMILES string of the molecule is CC(C)(C)CCC(C)(CBr)C1CC1. The first-order chi connectivity index (χ1) is 5.87. The second-order valence-electron chi connectivity index (χ2n) is 6.12. The molecule has 1 atom stereocenters. The maximum atomic E-state index is 3.68. The van der Waals surface area contributed by atoms with Crippen LogP contribution in [-0.4, -0.2) is 5.33 Å². The fourth-order valence-electron chi connectivity index (χ4n) is 1.82. The van der Waals surface area contributed by atoms with Crippen molar-refractivity contribution in [1.29, 1.82) is 0 Å². The van der Waals surface area contributed by atoms with Crippen molar-refractivity contribution >= 4 is 15.9 Å². The molecule has 0 aromatic rings. The summed E-state index contributed by atoms with van der Waals surface area (Å²) in [5.74, 6) is 1.01. The van der Waals surface area contributed by atoms with Crippen LogP contribution in [0.5, 0.6) is 0 Å². The van der Waals surface area contributed by atoms with Crippen LogP contribution in [0.3, 0.4) is 0 Å². The number of alkyl halides is 1.